The van der Waals surface area contributed by atoms with E-state index in [4.69, 9.17) is 0 Å². The summed E-state index contributed by atoms with van der Waals surface area (Å²) in [5, 5.41) is 1.52. The standard InChI is InChI=1S/C11H14N2O2/c1-2-3-4-7-13-11(15)10(14)9-6-5-8-12(9)13/h5-6,8H,2-4,7H2,1H3. The Hall–Kier alpha value is -1.58. The van der Waals surface area contributed by atoms with Crippen molar-refractivity contribution in [3.8, 4) is 0 Å². The fourth-order valence-corrected chi connectivity index (χ4v) is 1.81. The first-order valence-corrected chi connectivity index (χ1v) is 5.29. The summed E-state index contributed by atoms with van der Waals surface area (Å²) in [6.45, 7) is 2.73. The van der Waals surface area contributed by atoms with Crippen molar-refractivity contribution in [2.75, 3.05) is 11.6 Å². The van der Waals surface area contributed by atoms with E-state index < -0.39 is 11.7 Å². The van der Waals surface area contributed by atoms with Crippen molar-refractivity contribution in [3.05, 3.63) is 24.0 Å². The zero-order chi connectivity index (χ0) is 10.8. The van der Waals surface area contributed by atoms with Crippen molar-refractivity contribution >= 4 is 11.7 Å². The monoisotopic (exact) mass is 206 g/mol. The molecule has 0 spiro atoms. The number of hydrogen-bond acceptors (Lipinski definition) is 2. The van der Waals surface area contributed by atoms with Crippen LogP contribution in [0.4, 0.5) is 0 Å². The van der Waals surface area contributed by atoms with Gasteiger partial charge in [-0.05, 0) is 18.6 Å². The number of rotatable bonds is 4. The van der Waals surface area contributed by atoms with Crippen LogP contribution in [0.3, 0.4) is 0 Å². The van der Waals surface area contributed by atoms with Gasteiger partial charge in [0.1, 0.15) is 5.69 Å². The molecule has 2 rings (SSSR count). The molecule has 0 saturated carbocycles. The minimum Gasteiger partial charge on any atom is -0.281 e. The second kappa shape index (κ2) is 3.88. The van der Waals surface area contributed by atoms with Crippen LogP contribution in [0.1, 0.15) is 36.7 Å². The van der Waals surface area contributed by atoms with Gasteiger partial charge >= 0.3 is 5.91 Å². The molecule has 0 unspecified atom stereocenters. The van der Waals surface area contributed by atoms with Gasteiger partial charge in [-0.2, -0.15) is 0 Å². The molecule has 1 aliphatic heterocycles. The summed E-state index contributed by atoms with van der Waals surface area (Å²) in [7, 11) is 0. The maximum Gasteiger partial charge on any atom is 0.315 e. The third-order valence-corrected chi connectivity index (χ3v) is 2.62. The first kappa shape index (κ1) is 9.96. The third-order valence-electron chi connectivity index (χ3n) is 2.62. The van der Waals surface area contributed by atoms with Crippen molar-refractivity contribution in [2.45, 2.75) is 26.2 Å². The highest BCUT2D eigenvalue weighted by Gasteiger charge is 2.34. The molecule has 0 radical (unpaired) electrons. The molecule has 1 amide bonds. The third kappa shape index (κ3) is 1.56. The van der Waals surface area contributed by atoms with Crippen LogP contribution < -0.4 is 5.01 Å². The Balaban J connectivity index is 2.13. The zero-order valence-corrected chi connectivity index (χ0v) is 8.77. The predicted molar refractivity (Wildman–Crippen MR) is 56.4 cm³/mol. The number of amides is 1. The normalized spacial score (nSPS) is 14.9. The number of ketones is 1. The van der Waals surface area contributed by atoms with E-state index in [0.717, 1.165) is 19.3 Å². The summed E-state index contributed by atoms with van der Waals surface area (Å²) < 4.78 is 1.65. The Bertz CT molecular complexity index is 395. The second-order valence-corrected chi connectivity index (χ2v) is 3.70. The molecule has 1 aliphatic rings. The predicted octanol–water partition coefficient (Wildman–Crippen LogP) is 1.34. The van der Waals surface area contributed by atoms with Crippen molar-refractivity contribution < 1.29 is 9.59 Å². The molecule has 0 fully saturated rings. The summed E-state index contributed by atoms with van der Waals surface area (Å²) in [4.78, 5) is 23.1. The fourth-order valence-electron chi connectivity index (χ4n) is 1.81. The van der Waals surface area contributed by atoms with Gasteiger partial charge in [0.2, 0.25) is 0 Å². The van der Waals surface area contributed by atoms with E-state index in [1.165, 1.54) is 5.01 Å². The molecule has 0 bridgehead atoms. The molecule has 80 valence electrons. The van der Waals surface area contributed by atoms with Crippen molar-refractivity contribution in [3.63, 3.8) is 0 Å². The Morgan fingerprint density at radius 3 is 2.80 bits per heavy atom. The molecule has 0 aromatic carbocycles. The van der Waals surface area contributed by atoms with Gasteiger partial charge in [0.25, 0.3) is 5.78 Å². The van der Waals surface area contributed by atoms with Gasteiger partial charge < -0.3 is 0 Å². The Morgan fingerprint density at radius 2 is 2.07 bits per heavy atom. The van der Waals surface area contributed by atoms with Gasteiger partial charge in [0.15, 0.2) is 0 Å². The smallest absolute Gasteiger partial charge is 0.281 e. The number of carbonyl (C=O) groups excluding carboxylic acids is 2. The first-order chi connectivity index (χ1) is 7.25. The molecular formula is C11H14N2O2. The highest BCUT2D eigenvalue weighted by molar-refractivity contribution is 6.47. The van der Waals surface area contributed by atoms with E-state index >= 15 is 0 Å². The molecular weight excluding hydrogens is 192 g/mol. The number of nitrogens with zero attached hydrogens (tertiary/aromatic N) is 2. The van der Waals surface area contributed by atoms with Crippen LogP contribution in [-0.2, 0) is 4.79 Å². The van der Waals surface area contributed by atoms with E-state index in [0.29, 0.717) is 12.2 Å². The lowest BCUT2D eigenvalue weighted by Crippen LogP contribution is -2.37. The molecule has 0 aliphatic carbocycles. The first-order valence-electron chi connectivity index (χ1n) is 5.29. The van der Waals surface area contributed by atoms with Gasteiger partial charge in [0.05, 0.1) is 0 Å². The van der Waals surface area contributed by atoms with Crippen LogP contribution in [0, 0.1) is 0 Å². The Kier molecular flexibility index (Phi) is 2.58. The number of fused-ring (bicyclic) bond motifs is 1. The second-order valence-electron chi connectivity index (χ2n) is 3.70. The lowest BCUT2D eigenvalue weighted by molar-refractivity contribution is -0.115. The SMILES string of the molecule is CCCCCN1C(=O)C(=O)c2cccn21. The summed E-state index contributed by atoms with van der Waals surface area (Å²) in [6.07, 6.45) is 4.88. The van der Waals surface area contributed by atoms with E-state index in [1.54, 1.807) is 23.0 Å². The maximum atomic E-state index is 11.6. The average Bonchev–Trinajstić information content (AvgIpc) is 2.77. The van der Waals surface area contributed by atoms with Gasteiger partial charge in [-0.3, -0.25) is 14.3 Å². The quantitative estimate of drug-likeness (QED) is 0.551. The fraction of sp³-hybridized carbons (Fsp3) is 0.455. The van der Waals surface area contributed by atoms with Crippen LogP contribution in [0.25, 0.3) is 0 Å². The Morgan fingerprint density at radius 1 is 1.27 bits per heavy atom. The number of hydrogen-bond donors (Lipinski definition) is 0. The molecule has 15 heavy (non-hydrogen) atoms. The van der Waals surface area contributed by atoms with E-state index in [9.17, 15) is 9.59 Å². The number of aromatic nitrogens is 1. The highest BCUT2D eigenvalue weighted by Crippen LogP contribution is 2.14. The van der Waals surface area contributed by atoms with Gasteiger partial charge in [-0.25, -0.2) is 5.01 Å². The van der Waals surface area contributed by atoms with Crippen LogP contribution in [0.15, 0.2) is 18.3 Å². The zero-order valence-electron chi connectivity index (χ0n) is 8.77. The van der Waals surface area contributed by atoms with Crippen molar-refractivity contribution in [1.82, 2.24) is 4.68 Å². The van der Waals surface area contributed by atoms with E-state index in [2.05, 4.69) is 6.92 Å². The Labute approximate surface area is 88.5 Å². The van der Waals surface area contributed by atoms with Gasteiger partial charge in [-0.15, -0.1) is 0 Å². The van der Waals surface area contributed by atoms with Crippen LogP contribution in [0.2, 0.25) is 0 Å². The highest BCUT2D eigenvalue weighted by atomic mass is 16.2. The van der Waals surface area contributed by atoms with Crippen molar-refractivity contribution in [1.29, 1.82) is 0 Å². The molecule has 1 aromatic rings. The van der Waals surface area contributed by atoms with Crippen LogP contribution >= 0.6 is 0 Å². The maximum absolute atomic E-state index is 11.6. The topological polar surface area (TPSA) is 42.3 Å². The summed E-state index contributed by atoms with van der Waals surface area (Å²) in [5.41, 5.74) is 0.483. The lowest BCUT2D eigenvalue weighted by Gasteiger charge is -2.16. The number of carbonyl (C=O) groups is 2. The molecule has 4 heteroatoms. The molecule has 2 heterocycles. The molecule has 0 saturated heterocycles. The van der Waals surface area contributed by atoms with E-state index in [-0.39, 0.29) is 0 Å². The van der Waals surface area contributed by atoms with E-state index in [1.807, 2.05) is 0 Å². The minimum absolute atomic E-state index is 0.392. The molecule has 4 nitrogen and oxygen atoms in total. The molecule has 0 atom stereocenters. The van der Waals surface area contributed by atoms with Crippen LogP contribution in [-0.4, -0.2) is 22.9 Å². The van der Waals surface area contributed by atoms with Crippen molar-refractivity contribution in [2.24, 2.45) is 0 Å². The number of unbranched alkanes of at least 4 members (excludes halogenated alkanes) is 2. The van der Waals surface area contributed by atoms with Gasteiger partial charge in [-0.1, -0.05) is 19.8 Å². The molecule has 1 aromatic heterocycles. The van der Waals surface area contributed by atoms with Crippen LogP contribution in [0.5, 0.6) is 0 Å². The average molecular weight is 206 g/mol. The van der Waals surface area contributed by atoms with Gasteiger partial charge in [0, 0.05) is 12.7 Å². The largest absolute Gasteiger partial charge is 0.315 e. The molecule has 0 N–H and O–H groups in total. The summed E-state index contributed by atoms with van der Waals surface area (Å²) in [6, 6.07) is 3.46. The summed E-state index contributed by atoms with van der Waals surface area (Å²) >= 11 is 0. The summed E-state index contributed by atoms with van der Waals surface area (Å²) in [5.74, 6) is -0.793. The minimum atomic E-state index is -0.401. The number of Topliss-reactive ketones (excluding diaryl/α,β-unsaturated/α-hetero) is 1. The lowest BCUT2D eigenvalue weighted by atomic mass is 10.2.